The Balaban J connectivity index is 1.62. The molecule has 172 valence electrons. The van der Waals surface area contributed by atoms with Gasteiger partial charge >= 0.3 is 5.97 Å². The van der Waals surface area contributed by atoms with Gasteiger partial charge in [0, 0.05) is 47.2 Å². The van der Waals surface area contributed by atoms with Gasteiger partial charge in [0.15, 0.2) is 11.6 Å². The lowest BCUT2D eigenvalue weighted by atomic mass is 9.99. The highest BCUT2D eigenvalue weighted by molar-refractivity contribution is 7.92. The lowest BCUT2D eigenvalue weighted by Crippen LogP contribution is -2.26. The fraction of sp³-hybridized carbons (Fsp3) is 0.273. The first kappa shape index (κ1) is 22.6. The van der Waals surface area contributed by atoms with E-state index in [-0.39, 0.29) is 23.1 Å². The molecule has 1 aromatic carbocycles. The lowest BCUT2D eigenvalue weighted by molar-refractivity contribution is 0.0697. The lowest BCUT2D eigenvalue weighted by Gasteiger charge is -2.25. The van der Waals surface area contributed by atoms with Crippen LogP contribution in [-0.2, 0) is 22.7 Å². The molecule has 0 atom stereocenters. The summed E-state index contributed by atoms with van der Waals surface area (Å²) in [5.74, 6) is -0.248. The van der Waals surface area contributed by atoms with Gasteiger partial charge in [-0.2, -0.15) is 9.35 Å². The summed E-state index contributed by atoms with van der Waals surface area (Å²) in [7, 11) is -0.300. The van der Waals surface area contributed by atoms with Gasteiger partial charge in [-0.25, -0.2) is 19.0 Å². The zero-order chi connectivity index (χ0) is 23.6. The van der Waals surface area contributed by atoms with E-state index >= 15 is 0 Å². The third-order valence-corrected chi connectivity index (χ3v) is 5.61. The van der Waals surface area contributed by atoms with E-state index in [0.29, 0.717) is 5.82 Å². The van der Waals surface area contributed by atoms with Crippen LogP contribution in [0.1, 0.15) is 21.5 Å². The molecule has 0 amide bonds. The number of carboxylic acids is 1. The van der Waals surface area contributed by atoms with Gasteiger partial charge in [0.25, 0.3) is 0 Å². The van der Waals surface area contributed by atoms with Gasteiger partial charge < -0.3 is 20.6 Å². The van der Waals surface area contributed by atoms with E-state index < -0.39 is 15.7 Å². The number of aromatic carboxylic acids is 1. The van der Waals surface area contributed by atoms with E-state index in [1.807, 2.05) is 6.07 Å². The second-order valence-electron chi connectivity index (χ2n) is 8.14. The van der Waals surface area contributed by atoms with Gasteiger partial charge in [0.2, 0.25) is 5.95 Å². The molecule has 1 aliphatic heterocycles. The molecule has 11 heteroatoms. The Labute approximate surface area is 192 Å². The minimum atomic E-state index is -2.39. The van der Waals surface area contributed by atoms with Crippen molar-refractivity contribution in [1.29, 1.82) is 0 Å². The highest BCUT2D eigenvalue weighted by Gasteiger charge is 2.16. The monoisotopic (exact) mass is 467 g/mol. The van der Waals surface area contributed by atoms with Crippen molar-refractivity contribution in [3.05, 3.63) is 59.3 Å². The molecular formula is C22H25N7O3S. The summed E-state index contributed by atoms with van der Waals surface area (Å²) in [6.45, 7) is 1.90. The molecule has 0 aliphatic carbocycles. The zero-order valence-corrected chi connectivity index (χ0v) is 19.4. The van der Waals surface area contributed by atoms with E-state index in [4.69, 9.17) is 0 Å². The van der Waals surface area contributed by atoms with Gasteiger partial charge in [0.1, 0.15) is 11.4 Å². The Morgan fingerprint density at radius 1 is 1.15 bits per heavy atom. The SMILES string of the molecule is CN1CCc2ccc(Nc3ncc(C(=O)O)c(Nc4cccc(N=S(C)(C)=O)n4)n3)cc2C1. The molecular weight excluding hydrogens is 442 g/mol. The Bertz CT molecular complexity index is 1330. The molecule has 0 unspecified atom stereocenters. The third kappa shape index (κ3) is 5.82. The van der Waals surface area contributed by atoms with E-state index in [2.05, 4.69) is 54.0 Å². The first-order valence-corrected chi connectivity index (χ1v) is 12.6. The van der Waals surface area contributed by atoms with Crippen molar-refractivity contribution in [2.75, 3.05) is 36.7 Å². The molecule has 0 spiro atoms. The molecule has 1 aliphatic rings. The Morgan fingerprint density at radius 3 is 2.73 bits per heavy atom. The van der Waals surface area contributed by atoms with Crippen LogP contribution in [0.2, 0.25) is 0 Å². The normalized spacial score (nSPS) is 13.8. The van der Waals surface area contributed by atoms with Gasteiger partial charge in [-0.3, -0.25) is 0 Å². The maximum absolute atomic E-state index is 12.0. The molecule has 4 rings (SSSR count). The first-order valence-electron chi connectivity index (χ1n) is 10.3. The van der Waals surface area contributed by atoms with E-state index in [0.717, 1.165) is 25.2 Å². The molecule has 0 saturated carbocycles. The van der Waals surface area contributed by atoms with Gasteiger partial charge in [-0.1, -0.05) is 12.1 Å². The van der Waals surface area contributed by atoms with Crippen molar-refractivity contribution in [3.63, 3.8) is 0 Å². The van der Waals surface area contributed by atoms with Crippen LogP contribution < -0.4 is 10.6 Å². The highest BCUT2D eigenvalue weighted by Crippen LogP contribution is 2.25. The number of rotatable bonds is 6. The summed E-state index contributed by atoms with van der Waals surface area (Å²) in [6, 6.07) is 11.1. The summed E-state index contributed by atoms with van der Waals surface area (Å²) < 4.78 is 16.0. The van der Waals surface area contributed by atoms with Crippen molar-refractivity contribution in [3.8, 4) is 0 Å². The van der Waals surface area contributed by atoms with Crippen LogP contribution in [0.3, 0.4) is 0 Å². The Morgan fingerprint density at radius 2 is 1.97 bits per heavy atom. The molecule has 10 nitrogen and oxygen atoms in total. The van der Waals surface area contributed by atoms with E-state index in [9.17, 15) is 14.1 Å². The van der Waals surface area contributed by atoms with Crippen LogP contribution in [0.15, 0.2) is 47.0 Å². The van der Waals surface area contributed by atoms with Gasteiger partial charge in [-0.05, 0) is 48.9 Å². The van der Waals surface area contributed by atoms with Gasteiger partial charge in [0.05, 0.1) is 0 Å². The maximum Gasteiger partial charge on any atom is 0.341 e. The number of carbonyl (C=O) groups is 1. The van der Waals surface area contributed by atoms with Crippen molar-refractivity contribution in [1.82, 2.24) is 19.9 Å². The molecule has 3 aromatic rings. The van der Waals surface area contributed by atoms with Crippen LogP contribution in [0.4, 0.5) is 29.1 Å². The van der Waals surface area contributed by atoms with Crippen LogP contribution in [-0.4, -0.2) is 61.2 Å². The second kappa shape index (κ2) is 9.12. The van der Waals surface area contributed by atoms with Crippen molar-refractivity contribution in [2.45, 2.75) is 13.0 Å². The largest absolute Gasteiger partial charge is 0.477 e. The van der Waals surface area contributed by atoms with E-state index in [1.54, 1.807) is 18.2 Å². The van der Waals surface area contributed by atoms with Crippen molar-refractivity contribution < 1.29 is 14.1 Å². The number of hydrogen-bond donors (Lipinski definition) is 3. The summed E-state index contributed by atoms with van der Waals surface area (Å²) >= 11 is 0. The number of nitrogens with zero attached hydrogens (tertiary/aromatic N) is 5. The summed E-state index contributed by atoms with van der Waals surface area (Å²) in [6.07, 6.45) is 5.27. The Kier molecular flexibility index (Phi) is 6.25. The predicted octanol–water partition coefficient (Wildman–Crippen LogP) is 3.40. The minimum absolute atomic E-state index is 0.0797. The number of pyridine rings is 1. The fourth-order valence-corrected chi connectivity index (χ4v) is 4.04. The smallest absolute Gasteiger partial charge is 0.341 e. The van der Waals surface area contributed by atoms with E-state index in [1.165, 1.54) is 29.8 Å². The van der Waals surface area contributed by atoms with Crippen LogP contribution in [0.5, 0.6) is 0 Å². The molecule has 0 saturated heterocycles. The average Bonchev–Trinajstić information content (AvgIpc) is 2.72. The summed E-state index contributed by atoms with van der Waals surface area (Å²) in [5, 5.41) is 15.6. The van der Waals surface area contributed by atoms with Crippen LogP contribution in [0.25, 0.3) is 0 Å². The standard InChI is InChI=1S/C22H25N7O3S/c1-29-10-9-14-7-8-16(11-15(14)13-29)24-22-23-12-17(21(30)31)20(27-22)26-18-5-4-6-19(25-18)28-33(2,3)32/h4-8,11-12H,9-10,13H2,1-3H3,(H,30,31)(H2,23,24,25,26,27). The predicted molar refractivity (Wildman–Crippen MR) is 128 cm³/mol. The number of hydrogen-bond acceptors (Lipinski definition) is 9. The molecule has 0 fully saturated rings. The fourth-order valence-electron chi connectivity index (χ4n) is 3.49. The van der Waals surface area contributed by atoms with Crippen LogP contribution >= 0.6 is 0 Å². The first-order chi connectivity index (χ1) is 15.7. The topological polar surface area (TPSA) is 133 Å². The number of benzene rings is 1. The van der Waals surface area contributed by atoms with Gasteiger partial charge in [-0.15, -0.1) is 0 Å². The second-order valence-corrected chi connectivity index (χ2v) is 10.7. The number of aromatic nitrogens is 3. The van der Waals surface area contributed by atoms with Crippen molar-refractivity contribution in [2.24, 2.45) is 4.36 Å². The average molecular weight is 468 g/mol. The molecule has 33 heavy (non-hydrogen) atoms. The number of likely N-dealkylation sites (N-methyl/N-ethyl adjacent to an activating group) is 1. The molecule has 3 heterocycles. The number of anilines is 4. The molecule has 0 bridgehead atoms. The Hall–Kier alpha value is -3.57. The zero-order valence-electron chi connectivity index (χ0n) is 18.6. The number of carboxylic acid groups (broad SMARTS) is 1. The maximum atomic E-state index is 12.0. The van der Waals surface area contributed by atoms with Crippen LogP contribution in [0, 0.1) is 0 Å². The molecule has 2 aromatic heterocycles. The number of nitrogens with one attached hydrogen (secondary N) is 2. The highest BCUT2D eigenvalue weighted by atomic mass is 32.2. The molecule has 0 radical (unpaired) electrons. The molecule has 3 N–H and O–H groups in total. The minimum Gasteiger partial charge on any atom is -0.477 e. The third-order valence-electron chi connectivity index (χ3n) is 4.98. The summed E-state index contributed by atoms with van der Waals surface area (Å²) in [5.41, 5.74) is 3.27. The summed E-state index contributed by atoms with van der Waals surface area (Å²) in [4.78, 5) is 26.8. The quantitative estimate of drug-likeness (QED) is 0.499. The van der Waals surface area contributed by atoms with Crippen molar-refractivity contribution >= 4 is 44.8 Å². The number of fused-ring (bicyclic) bond motifs is 1.